The molecule has 27 heavy (non-hydrogen) atoms. The van der Waals surface area contributed by atoms with Gasteiger partial charge in [-0.25, -0.2) is 24.1 Å². The van der Waals surface area contributed by atoms with Crippen LogP contribution in [0.4, 0.5) is 5.69 Å². The topological polar surface area (TPSA) is 191 Å². The van der Waals surface area contributed by atoms with Crippen molar-refractivity contribution in [2.45, 2.75) is 35.5 Å². The predicted molar refractivity (Wildman–Crippen MR) is 99.6 cm³/mol. The zero-order chi connectivity index (χ0) is 20.8. The maximum Gasteiger partial charge on any atom is 0.294 e. The predicted octanol–water partition coefficient (Wildman–Crippen LogP) is 1.49. The minimum absolute atomic E-state index is 0.0177. The number of nitrogens with zero attached hydrogens (tertiary/aromatic N) is 1. The first-order chi connectivity index (χ1) is 12.3. The Bertz CT molecular complexity index is 812. The maximum absolute atomic E-state index is 12.2. The highest BCUT2D eigenvalue weighted by Crippen LogP contribution is 2.47. The normalized spacial score (nSPS) is 14.9. The van der Waals surface area contributed by atoms with E-state index >= 15 is 0 Å². The molecule has 1 rings (SSSR count). The number of nitrogens with one attached hydrogen (secondary N) is 1. The molecule has 0 spiro atoms. The van der Waals surface area contributed by atoms with E-state index in [-0.39, 0.29) is 28.6 Å². The van der Waals surface area contributed by atoms with Crippen LogP contribution in [0.2, 0.25) is 5.02 Å². The summed E-state index contributed by atoms with van der Waals surface area (Å²) >= 11 is 5.89. The Morgan fingerprint density at radius 2 is 1.89 bits per heavy atom. The van der Waals surface area contributed by atoms with Crippen molar-refractivity contribution in [2.24, 2.45) is 10.3 Å². The van der Waals surface area contributed by atoms with Crippen molar-refractivity contribution in [2.75, 3.05) is 18.2 Å². The summed E-state index contributed by atoms with van der Waals surface area (Å²) in [5.41, 5.74) is 0.0177. The van der Waals surface area contributed by atoms with Crippen LogP contribution in [-0.2, 0) is 19.7 Å². The smallest absolute Gasteiger partial charge is 0.294 e. The highest BCUT2D eigenvalue weighted by molar-refractivity contribution is 8.26. The lowest BCUT2D eigenvalue weighted by Gasteiger charge is -2.40. The molecule has 1 unspecified atom stereocenters. The summed E-state index contributed by atoms with van der Waals surface area (Å²) in [6.07, 6.45) is 2.59. The fraction of sp³-hybridized carbons (Fsp3) is 0.462. The van der Waals surface area contributed by atoms with E-state index in [2.05, 4.69) is 10.2 Å². The van der Waals surface area contributed by atoms with Gasteiger partial charge in [0, 0.05) is 11.3 Å². The monoisotopic (exact) mass is 443 g/mol. The van der Waals surface area contributed by atoms with E-state index in [9.17, 15) is 27.9 Å². The number of amides is 1. The quantitative estimate of drug-likeness (QED) is 0.275. The Morgan fingerprint density at radius 1 is 1.26 bits per heavy atom. The fourth-order valence-corrected chi connectivity index (χ4v) is 4.17. The molecule has 0 bridgehead atoms. The number of halogens is 1. The molecule has 154 valence electrons. The number of primary sulfonamides is 1. The van der Waals surface area contributed by atoms with Gasteiger partial charge in [-0.1, -0.05) is 18.0 Å². The molecule has 1 aromatic carbocycles. The van der Waals surface area contributed by atoms with Gasteiger partial charge in [0.1, 0.15) is 4.90 Å². The van der Waals surface area contributed by atoms with Crippen LogP contribution in [0.3, 0.4) is 0 Å². The van der Waals surface area contributed by atoms with Crippen molar-refractivity contribution in [3.8, 4) is 0 Å². The molecule has 0 aromatic heterocycles. The first kappa shape index (κ1) is 23.4. The van der Waals surface area contributed by atoms with Gasteiger partial charge >= 0.3 is 0 Å². The summed E-state index contributed by atoms with van der Waals surface area (Å²) in [5, 5.41) is 22.0. The second kappa shape index (κ2) is 9.52. The third-order valence-corrected chi connectivity index (χ3v) is 5.88. The average molecular weight is 444 g/mol. The molecule has 0 aliphatic rings. The van der Waals surface area contributed by atoms with E-state index in [0.29, 0.717) is 19.3 Å². The molecule has 0 heterocycles. The summed E-state index contributed by atoms with van der Waals surface area (Å²) in [6.45, 7) is -0.0610. The lowest BCUT2D eigenvalue weighted by Crippen LogP contribution is -2.18. The minimum Gasteiger partial charge on any atom is -0.798 e. The van der Waals surface area contributed by atoms with E-state index < -0.39 is 36.4 Å². The van der Waals surface area contributed by atoms with Crippen molar-refractivity contribution in [1.82, 2.24) is 0 Å². The molecule has 1 atom stereocenters. The number of hydrogen-bond acceptors (Lipinski definition) is 8. The highest BCUT2D eigenvalue weighted by Gasteiger charge is 2.20. The van der Waals surface area contributed by atoms with Crippen LogP contribution in [0, 0.1) is 10.1 Å². The second-order valence-electron chi connectivity index (χ2n) is 5.64. The minimum atomic E-state index is -4.18. The fourth-order valence-electron chi connectivity index (χ4n) is 2.10. The van der Waals surface area contributed by atoms with Gasteiger partial charge in [-0.15, -0.1) is 10.1 Å². The van der Waals surface area contributed by atoms with Gasteiger partial charge in [-0.3, -0.25) is 4.79 Å². The molecule has 0 aliphatic heterocycles. The number of benzene rings is 1. The van der Waals surface area contributed by atoms with Gasteiger partial charge < -0.3 is 19.8 Å². The number of anilines is 1. The zero-order valence-corrected chi connectivity index (χ0v) is 16.7. The van der Waals surface area contributed by atoms with Crippen LogP contribution >= 0.6 is 22.1 Å². The Balaban J connectivity index is 2.83. The number of sulfonamides is 1. The molecule has 11 nitrogen and oxygen atoms in total. The SMILES string of the molecule is CS(N)([O-])c1cc(S(N)(=O)=O)c(Cl)cc1NC(=O)CCCCCO[N+](=O)[O-]. The number of carbonyl (C=O) groups excluding carboxylic acids is 1. The van der Waals surface area contributed by atoms with E-state index in [1.165, 1.54) is 6.26 Å². The highest BCUT2D eigenvalue weighted by atomic mass is 35.5. The first-order valence-corrected chi connectivity index (χ1v) is 11.5. The van der Waals surface area contributed by atoms with Crippen molar-refractivity contribution < 1.29 is 27.7 Å². The molecular formula is C13H20ClN4O7S2-. The second-order valence-corrected chi connectivity index (χ2v) is 9.83. The van der Waals surface area contributed by atoms with E-state index in [1.807, 2.05) is 0 Å². The maximum atomic E-state index is 12.2. The molecule has 1 amide bonds. The Labute approximate surface area is 162 Å². The molecular weight excluding hydrogens is 424 g/mol. The van der Waals surface area contributed by atoms with Gasteiger partial charge in [-0.2, -0.15) is 0 Å². The van der Waals surface area contributed by atoms with Crippen LogP contribution in [-0.4, -0.2) is 36.8 Å². The zero-order valence-electron chi connectivity index (χ0n) is 14.3. The number of carbonyl (C=O) groups is 1. The van der Waals surface area contributed by atoms with Crippen LogP contribution < -0.4 is 15.6 Å². The molecule has 0 fully saturated rings. The van der Waals surface area contributed by atoms with Gasteiger partial charge in [-0.05, 0) is 31.2 Å². The average Bonchev–Trinajstić information content (AvgIpc) is 2.47. The summed E-state index contributed by atoms with van der Waals surface area (Å²) in [4.78, 5) is 25.6. The molecule has 1 aromatic rings. The van der Waals surface area contributed by atoms with Crippen LogP contribution in [0.5, 0.6) is 0 Å². The van der Waals surface area contributed by atoms with E-state index in [1.54, 1.807) is 0 Å². The van der Waals surface area contributed by atoms with Gasteiger partial charge in [0.2, 0.25) is 15.9 Å². The summed E-state index contributed by atoms with van der Waals surface area (Å²) < 4.78 is 35.4. The molecule has 0 radical (unpaired) electrons. The lowest BCUT2D eigenvalue weighted by molar-refractivity contribution is -0.757. The third-order valence-electron chi connectivity index (χ3n) is 3.30. The molecule has 5 N–H and O–H groups in total. The first-order valence-electron chi connectivity index (χ1n) is 7.53. The summed E-state index contributed by atoms with van der Waals surface area (Å²) in [7, 11) is -7.32. The molecule has 0 saturated heterocycles. The van der Waals surface area contributed by atoms with Crippen LogP contribution in [0.1, 0.15) is 25.7 Å². The van der Waals surface area contributed by atoms with Gasteiger partial charge in [0.05, 0.1) is 17.3 Å². The number of rotatable bonds is 10. The van der Waals surface area contributed by atoms with Crippen molar-refractivity contribution in [3.63, 3.8) is 0 Å². The van der Waals surface area contributed by atoms with Gasteiger partial charge in [0.15, 0.2) is 0 Å². The van der Waals surface area contributed by atoms with Crippen molar-refractivity contribution in [1.29, 1.82) is 0 Å². The Kier molecular flexibility index (Phi) is 8.25. The molecule has 14 heteroatoms. The van der Waals surface area contributed by atoms with E-state index in [0.717, 1.165) is 12.1 Å². The van der Waals surface area contributed by atoms with Crippen LogP contribution in [0.25, 0.3) is 0 Å². The summed E-state index contributed by atoms with van der Waals surface area (Å²) in [5.74, 6) is -0.450. The number of unbranched alkanes of at least 4 members (excludes halogenated alkanes) is 2. The molecule has 0 saturated carbocycles. The number of nitrogens with two attached hydrogens (primary N) is 2. The summed E-state index contributed by atoms with van der Waals surface area (Å²) in [6, 6.07) is 2.10. The standard InChI is InChI=1S/C13H21ClN4O7S2/c1-26(15,22)12-8-11(27(16,23)24)9(14)7-10(12)17-13(19)5-3-2-4-6-25-18(20)21/h7-8,22H,2-6,15H2,1H3,(H,17,19)(H2,16,23,24)/p-1. The van der Waals surface area contributed by atoms with Crippen molar-refractivity contribution >= 4 is 43.7 Å². The van der Waals surface area contributed by atoms with Gasteiger partial charge in [0.25, 0.3) is 5.09 Å². The van der Waals surface area contributed by atoms with E-state index in [4.69, 9.17) is 21.9 Å². The van der Waals surface area contributed by atoms with Crippen molar-refractivity contribution in [3.05, 3.63) is 27.3 Å². The van der Waals surface area contributed by atoms with Crippen LogP contribution in [0.15, 0.2) is 21.9 Å². The Hall–Kier alpha value is -1.64. The lowest BCUT2D eigenvalue weighted by atomic mass is 10.2. The molecule has 0 aliphatic carbocycles. The number of hydrogen-bond donors (Lipinski definition) is 3. The third kappa shape index (κ3) is 7.86. The largest absolute Gasteiger partial charge is 0.798 e. The Morgan fingerprint density at radius 3 is 2.41 bits per heavy atom.